The van der Waals surface area contributed by atoms with E-state index in [1.165, 1.54) is 35.6 Å². The molecule has 0 aliphatic rings. The summed E-state index contributed by atoms with van der Waals surface area (Å²) >= 11 is 1.20. The van der Waals surface area contributed by atoms with Crippen LogP contribution in [-0.4, -0.2) is 35.1 Å². The van der Waals surface area contributed by atoms with Gasteiger partial charge in [-0.1, -0.05) is 12.1 Å². The van der Waals surface area contributed by atoms with Gasteiger partial charge in [0.15, 0.2) is 0 Å². The Kier molecular flexibility index (Phi) is 6.24. The SMILES string of the molecule is CCOC(=O)c1ccc(NS(=O)(=O)c2ccc(-c3ccc(N(C)C)cc3)s2)cc1. The Balaban J connectivity index is 1.76. The van der Waals surface area contributed by atoms with E-state index in [9.17, 15) is 13.2 Å². The van der Waals surface area contributed by atoms with Crippen LogP contribution in [0.25, 0.3) is 10.4 Å². The highest BCUT2D eigenvalue weighted by atomic mass is 32.2. The molecule has 0 aliphatic carbocycles. The van der Waals surface area contributed by atoms with Crippen LogP contribution in [0.2, 0.25) is 0 Å². The zero-order valence-electron chi connectivity index (χ0n) is 16.4. The number of nitrogens with one attached hydrogen (secondary N) is 1. The number of thiophene rings is 1. The molecule has 0 radical (unpaired) electrons. The summed E-state index contributed by atoms with van der Waals surface area (Å²) in [5.41, 5.74) is 2.78. The van der Waals surface area contributed by atoms with Gasteiger partial charge in [-0.3, -0.25) is 4.72 Å². The molecule has 6 nitrogen and oxygen atoms in total. The minimum atomic E-state index is -3.72. The highest BCUT2D eigenvalue weighted by molar-refractivity contribution is 7.94. The molecule has 2 aromatic carbocycles. The van der Waals surface area contributed by atoms with Crippen molar-refractivity contribution in [3.05, 3.63) is 66.2 Å². The van der Waals surface area contributed by atoms with Crippen molar-refractivity contribution in [2.24, 2.45) is 0 Å². The fourth-order valence-corrected chi connectivity index (χ4v) is 5.01. The number of carbonyl (C=O) groups excluding carboxylic acids is 1. The number of sulfonamides is 1. The number of esters is 1. The number of anilines is 2. The highest BCUT2D eigenvalue weighted by Crippen LogP contribution is 2.32. The predicted octanol–water partition coefficient (Wildman–Crippen LogP) is 4.46. The van der Waals surface area contributed by atoms with E-state index in [1.54, 1.807) is 19.1 Å². The van der Waals surface area contributed by atoms with Crippen LogP contribution in [0.5, 0.6) is 0 Å². The van der Waals surface area contributed by atoms with Crippen LogP contribution in [-0.2, 0) is 14.8 Å². The lowest BCUT2D eigenvalue weighted by Crippen LogP contribution is -2.11. The van der Waals surface area contributed by atoms with E-state index in [2.05, 4.69) is 4.72 Å². The van der Waals surface area contributed by atoms with Crippen LogP contribution in [0, 0.1) is 0 Å². The number of nitrogens with zero attached hydrogens (tertiary/aromatic N) is 1. The Bertz CT molecular complexity index is 1090. The third-order valence-corrected chi connectivity index (χ3v) is 7.17. The monoisotopic (exact) mass is 430 g/mol. The van der Waals surface area contributed by atoms with Gasteiger partial charge < -0.3 is 9.64 Å². The maximum absolute atomic E-state index is 12.7. The topological polar surface area (TPSA) is 75.7 Å². The molecule has 0 unspecified atom stereocenters. The van der Waals surface area contributed by atoms with Crippen LogP contribution < -0.4 is 9.62 Å². The second-order valence-corrected chi connectivity index (χ2v) is 9.46. The van der Waals surface area contributed by atoms with Crippen LogP contribution in [0.15, 0.2) is 64.9 Å². The summed E-state index contributed by atoms with van der Waals surface area (Å²) in [6.45, 7) is 2.01. The van der Waals surface area contributed by atoms with Gasteiger partial charge in [0, 0.05) is 30.3 Å². The van der Waals surface area contributed by atoms with Crippen LogP contribution in [0.1, 0.15) is 17.3 Å². The molecular weight excluding hydrogens is 408 g/mol. The smallest absolute Gasteiger partial charge is 0.338 e. The Labute approximate surface area is 174 Å². The summed E-state index contributed by atoms with van der Waals surface area (Å²) in [5.74, 6) is -0.440. The van der Waals surface area contributed by atoms with Gasteiger partial charge in [-0.15, -0.1) is 11.3 Å². The lowest BCUT2D eigenvalue weighted by Gasteiger charge is -2.12. The van der Waals surface area contributed by atoms with Gasteiger partial charge in [0.25, 0.3) is 10.0 Å². The first-order valence-corrected chi connectivity index (χ1v) is 11.3. The van der Waals surface area contributed by atoms with Gasteiger partial charge in [-0.05, 0) is 61.0 Å². The maximum Gasteiger partial charge on any atom is 0.338 e. The largest absolute Gasteiger partial charge is 0.462 e. The van der Waals surface area contributed by atoms with Crippen molar-refractivity contribution >= 4 is 38.7 Å². The second kappa shape index (κ2) is 8.67. The van der Waals surface area contributed by atoms with E-state index in [1.807, 2.05) is 43.3 Å². The number of hydrogen-bond donors (Lipinski definition) is 1. The lowest BCUT2D eigenvalue weighted by atomic mass is 10.2. The summed E-state index contributed by atoms with van der Waals surface area (Å²) < 4.78 is 33.1. The van der Waals surface area contributed by atoms with Crippen molar-refractivity contribution in [1.29, 1.82) is 0 Å². The number of hydrogen-bond acceptors (Lipinski definition) is 6. The standard InChI is InChI=1S/C21H22N2O4S2/c1-4-27-21(24)16-5-9-17(10-6-16)22-29(25,26)20-14-13-19(28-20)15-7-11-18(12-8-15)23(2)3/h5-14,22H,4H2,1-3H3. The first kappa shape index (κ1) is 20.9. The van der Waals surface area contributed by atoms with Crippen molar-refractivity contribution in [2.75, 3.05) is 30.3 Å². The maximum atomic E-state index is 12.7. The molecule has 0 saturated heterocycles. The van der Waals surface area contributed by atoms with Crippen molar-refractivity contribution in [3.8, 4) is 10.4 Å². The molecule has 0 spiro atoms. The number of carbonyl (C=O) groups is 1. The molecule has 0 saturated carbocycles. The summed E-state index contributed by atoms with van der Waals surface area (Å²) in [4.78, 5) is 14.6. The van der Waals surface area contributed by atoms with E-state index < -0.39 is 16.0 Å². The summed E-state index contributed by atoms with van der Waals surface area (Å²) in [5, 5.41) is 0. The Morgan fingerprint density at radius 3 is 2.24 bits per heavy atom. The minimum absolute atomic E-state index is 0.221. The first-order chi connectivity index (χ1) is 13.8. The van der Waals surface area contributed by atoms with Gasteiger partial charge in [0.2, 0.25) is 0 Å². The molecule has 8 heteroatoms. The molecule has 0 bridgehead atoms. The van der Waals surface area contributed by atoms with Crippen molar-refractivity contribution in [3.63, 3.8) is 0 Å². The third-order valence-electron chi connectivity index (χ3n) is 4.16. The van der Waals surface area contributed by atoms with Crippen LogP contribution in [0.4, 0.5) is 11.4 Å². The van der Waals surface area contributed by atoms with Gasteiger partial charge in [-0.25, -0.2) is 13.2 Å². The molecular formula is C21H22N2O4S2. The van der Waals surface area contributed by atoms with E-state index >= 15 is 0 Å². The molecule has 0 aliphatic heterocycles. The van der Waals surface area contributed by atoms with Gasteiger partial charge in [-0.2, -0.15) is 0 Å². The molecule has 1 N–H and O–H groups in total. The van der Waals surface area contributed by atoms with Crippen molar-refractivity contribution in [2.45, 2.75) is 11.1 Å². The van der Waals surface area contributed by atoms with E-state index in [0.29, 0.717) is 11.3 Å². The van der Waals surface area contributed by atoms with Gasteiger partial charge in [0.05, 0.1) is 12.2 Å². The molecule has 29 heavy (non-hydrogen) atoms. The molecule has 1 heterocycles. The summed E-state index contributed by atoms with van der Waals surface area (Å²) in [7, 11) is 0.215. The van der Waals surface area contributed by atoms with Gasteiger partial charge >= 0.3 is 5.97 Å². The Hall–Kier alpha value is -2.84. The summed E-state index contributed by atoms with van der Waals surface area (Å²) in [6, 6.07) is 17.5. The molecule has 3 aromatic rings. The average molecular weight is 431 g/mol. The normalized spacial score (nSPS) is 11.1. The Morgan fingerprint density at radius 2 is 1.66 bits per heavy atom. The zero-order valence-corrected chi connectivity index (χ0v) is 18.0. The van der Waals surface area contributed by atoms with Gasteiger partial charge in [0.1, 0.15) is 4.21 Å². The van der Waals surface area contributed by atoms with E-state index in [-0.39, 0.29) is 10.8 Å². The van der Waals surface area contributed by atoms with Crippen LogP contribution >= 0.6 is 11.3 Å². The molecule has 0 fully saturated rings. The summed E-state index contributed by atoms with van der Waals surface area (Å²) in [6.07, 6.45) is 0. The molecule has 1 aromatic heterocycles. The fourth-order valence-electron chi connectivity index (χ4n) is 2.64. The highest BCUT2D eigenvalue weighted by Gasteiger charge is 2.18. The first-order valence-electron chi connectivity index (χ1n) is 8.98. The van der Waals surface area contributed by atoms with Crippen molar-refractivity contribution in [1.82, 2.24) is 0 Å². The predicted molar refractivity (Wildman–Crippen MR) is 117 cm³/mol. The quantitative estimate of drug-likeness (QED) is 0.560. The molecule has 152 valence electrons. The minimum Gasteiger partial charge on any atom is -0.462 e. The van der Waals surface area contributed by atoms with E-state index in [4.69, 9.17) is 4.74 Å². The number of benzene rings is 2. The average Bonchev–Trinajstić information content (AvgIpc) is 3.20. The molecule has 3 rings (SSSR count). The fraction of sp³-hybridized carbons (Fsp3) is 0.190. The lowest BCUT2D eigenvalue weighted by molar-refractivity contribution is 0.0526. The second-order valence-electron chi connectivity index (χ2n) is 6.46. The third kappa shape index (κ3) is 4.96. The molecule has 0 amide bonds. The molecule has 0 atom stereocenters. The van der Waals surface area contributed by atoms with E-state index in [0.717, 1.165) is 16.1 Å². The van der Waals surface area contributed by atoms with Crippen molar-refractivity contribution < 1.29 is 17.9 Å². The van der Waals surface area contributed by atoms with Crippen LogP contribution in [0.3, 0.4) is 0 Å². The zero-order chi connectivity index (χ0) is 21.0. The number of rotatable bonds is 7. The Morgan fingerprint density at radius 1 is 1.00 bits per heavy atom. The number of ether oxygens (including phenoxy) is 1.